The van der Waals surface area contributed by atoms with Crippen molar-refractivity contribution in [1.29, 1.82) is 0 Å². The third kappa shape index (κ3) is 10.3. The summed E-state index contributed by atoms with van der Waals surface area (Å²) in [7, 11) is 2.03. The van der Waals surface area contributed by atoms with Gasteiger partial charge in [0, 0.05) is 45.2 Å². The molecular weight excluding hydrogens is 578 g/mol. The van der Waals surface area contributed by atoms with Crippen LogP contribution in [0.4, 0.5) is 9.59 Å². The number of aliphatic hydroxyl groups is 2. The molecule has 4 rings (SSSR count). The number of carbonyl (C=O) groups is 3. The lowest BCUT2D eigenvalue weighted by atomic mass is 9.91. The van der Waals surface area contributed by atoms with Crippen LogP contribution in [-0.4, -0.2) is 114 Å². The Kier molecular flexibility index (Phi) is 12.4. The molecule has 0 bridgehead atoms. The van der Waals surface area contributed by atoms with E-state index in [1.807, 2.05) is 70.3 Å². The summed E-state index contributed by atoms with van der Waals surface area (Å²) in [5.74, 6) is -0.782. The minimum Gasteiger partial charge on any atom is -0.457 e. The number of nitrogens with zero attached hydrogens (tertiary/aromatic N) is 3. The van der Waals surface area contributed by atoms with Crippen LogP contribution in [0, 0.1) is 11.8 Å². The van der Waals surface area contributed by atoms with E-state index in [0.717, 1.165) is 29.8 Å². The molecule has 2 fully saturated rings. The Bertz CT molecular complexity index is 1230. The van der Waals surface area contributed by atoms with Crippen LogP contribution in [0.2, 0.25) is 0 Å². The fourth-order valence-corrected chi connectivity index (χ4v) is 5.89. The van der Waals surface area contributed by atoms with Crippen LogP contribution in [0.25, 0.3) is 6.08 Å². The highest BCUT2D eigenvalue weighted by molar-refractivity contribution is 5.71. The molecule has 0 unspecified atom stereocenters. The Morgan fingerprint density at radius 1 is 0.978 bits per heavy atom. The Labute approximate surface area is 266 Å². The zero-order chi connectivity index (χ0) is 32.5. The molecular formula is C34H49N3O8. The minimum atomic E-state index is -0.860. The van der Waals surface area contributed by atoms with Gasteiger partial charge in [0.25, 0.3) is 0 Å². The van der Waals surface area contributed by atoms with Gasteiger partial charge in [-0.25, -0.2) is 9.59 Å². The van der Waals surface area contributed by atoms with Crippen molar-refractivity contribution in [3.05, 3.63) is 53.1 Å². The topological polar surface area (TPSA) is 129 Å². The second-order valence-electron chi connectivity index (χ2n) is 12.8. The Balaban J connectivity index is 1.47. The Hall–Kier alpha value is -3.41. The summed E-state index contributed by atoms with van der Waals surface area (Å²) in [6.07, 6.45) is 3.90. The maximum Gasteiger partial charge on any atom is 0.410 e. The summed E-state index contributed by atoms with van der Waals surface area (Å²) in [4.78, 5) is 43.7. The molecule has 3 heterocycles. The number of piperazine rings is 1. The number of hydrogen-bond acceptors (Lipinski definition) is 9. The van der Waals surface area contributed by atoms with Crippen LogP contribution in [-0.2, 0) is 25.6 Å². The highest BCUT2D eigenvalue weighted by Crippen LogP contribution is 2.26. The van der Waals surface area contributed by atoms with Crippen LogP contribution >= 0.6 is 0 Å². The van der Waals surface area contributed by atoms with E-state index in [1.165, 1.54) is 4.90 Å². The lowest BCUT2D eigenvalue weighted by molar-refractivity contribution is -0.151. The predicted molar refractivity (Wildman–Crippen MR) is 169 cm³/mol. The van der Waals surface area contributed by atoms with Crippen molar-refractivity contribution >= 4 is 24.2 Å². The second-order valence-corrected chi connectivity index (χ2v) is 12.8. The number of ether oxygens (including phenoxy) is 3. The number of cyclic esters (lactones) is 1. The first-order valence-electron chi connectivity index (χ1n) is 16.1. The highest BCUT2D eigenvalue weighted by Gasteiger charge is 2.29. The fourth-order valence-electron chi connectivity index (χ4n) is 5.89. The fraction of sp³-hybridized carbons (Fsp3) is 0.618. The third-order valence-electron chi connectivity index (χ3n) is 8.84. The van der Waals surface area contributed by atoms with E-state index in [0.29, 0.717) is 38.9 Å². The maximum atomic E-state index is 13.0. The summed E-state index contributed by atoms with van der Waals surface area (Å²) >= 11 is 0. The van der Waals surface area contributed by atoms with Crippen molar-refractivity contribution in [3.8, 4) is 0 Å². The normalized spacial score (nSPS) is 29.7. The van der Waals surface area contributed by atoms with E-state index in [2.05, 4.69) is 4.90 Å². The van der Waals surface area contributed by atoms with Crippen molar-refractivity contribution in [3.63, 3.8) is 0 Å². The van der Waals surface area contributed by atoms with Crippen molar-refractivity contribution in [2.75, 3.05) is 46.3 Å². The summed E-state index contributed by atoms with van der Waals surface area (Å²) in [6.45, 7) is 9.51. The number of esters is 1. The molecule has 0 aromatic heterocycles. The first kappa shape index (κ1) is 34.5. The number of likely N-dealkylation sites (tertiary alicyclic amines) is 1. The van der Waals surface area contributed by atoms with Gasteiger partial charge in [0.15, 0.2) is 0 Å². The quantitative estimate of drug-likeness (QED) is 0.284. The second kappa shape index (κ2) is 16.2. The molecule has 2 N–H and O–H groups in total. The smallest absolute Gasteiger partial charge is 0.410 e. The average molecular weight is 628 g/mol. The van der Waals surface area contributed by atoms with Crippen LogP contribution in [0.15, 0.2) is 42.0 Å². The molecule has 0 spiro atoms. The number of rotatable bonds is 5. The van der Waals surface area contributed by atoms with Gasteiger partial charge in [0.1, 0.15) is 18.8 Å². The van der Waals surface area contributed by atoms with Gasteiger partial charge in [0.05, 0.1) is 18.6 Å². The Morgan fingerprint density at radius 3 is 2.44 bits per heavy atom. The van der Waals surface area contributed by atoms with E-state index in [4.69, 9.17) is 14.2 Å². The van der Waals surface area contributed by atoms with E-state index in [1.54, 1.807) is 4.90 Å². The van der Waals surface area contributed by atoms with Crippen molar-refractivity contribution in [1.82, 2.24) is 14.7 Å². The molecule has 3 aliphatic heterocycles. The van der Waals surface area contributed by atoms with Crippen LogP contribution < -0.4 is 0 Å². The minimum absolute atomic E-state index is 0.0579. The standard InChI is InChI=1S/C34H49N3O8/c1-23-8-10-28(38)20-31(40)45-32(24(2)9-11-30(23)44-34(42)36-16-14-35(4)15-17-36)25(3)18-26-6-5-7-27(19-26)22-43-33(41)37-13-12-29(39)21-37/h5-7,9,11,18-19,23-24,28-30,32,38-39H,8,10,12-17,20-22H2,1-4H3/b11-9+,25-18+/t23-,24-,28+,29+,30+,32-/m0/s1. The van der Waals surface area contributed by atoms with E-state index in [-0.39, 0.29) is 37.5 Å². The van der Waals surface area contributed by atoms with Gasteiger partial charge in [-0.05, 0) is 68.0 Å². The number of hydrogen-bond donors (Lipinski definition) is 2. The first-order chi connectivity index (χ1) is 21.5. The maximum absolute atomic E-state index is 13.0. The summed E-state index contributed by atoms with van der Waals surface area (Å²) < 4.78 is 17.4. The molecule has 0 saturated carbocycles. The predicted octanol–water partition coefficient (Wildman–Crippen LogP) is 3.83. The number of aliphatic hydroxyl groups excluding tert-OH is 2. The molecule has 6 atom stereocenters. The summed E-state index contributed by atoms with van der Waals surface area (Å²) in [5, 5.41) is 20.3. The van der Waals surface area contributed by atoms with Gasteiger partial charge >= 0.3 is 18.2 Å². The molecule has 0 radical (unpaired) electrons. The number of amides is 2. The van der Waals surface area contributed by atoms with Crippen LogP contribution in [0.5, 0.6) is 0 Å². The van der Waals surface area contributed by atoms with Gasteiger partial charge < -0.3 is 39.1 Å². The average Bonchev–Trinajstić information content (AvgIpc) is 3.45. The molecule has 1 aromatic carbocycles. The van der Waals surface area contributed by atoms with Gasteiger partial charge in [-0.1, -0.05) is 44.2 Å². The number of benzene rings is 1. The summed E-state index contributed by atoms with van der Waals surface area (Å²) in [5.41, 5.74) is 2.45. The van der Waals surface area contributed by atoms with Gasteiger partial charge in [-0.15, -0.1) is 0 Å². The van der Waals surface area contributed by atoms with Gasteiger partial charge in [-0.3, -0.25) is 4.79 Å². The molecule has 3 aliphatic rings. The van der Waals surface area contributed by atoms with E-state index in [9.17, 15) is 24.6 Å². The first-order valence-corrected chi connectivity index (χ1v) is 16.1. The van der Waals surface area contributed by atoms with Gasteiger partial charge in [0.2, 0.25) is 0 Å². The zero-order valence-corrected chi connectivity index (χ0v) is 27.0. The Morgan fingerprint density at radius 2 is 1.73 bits per heavy atom. The molecule has 0 aliphatic carbocycles. The molecule has 2 saturated heterocycles. The van der Waals surface area contributed by atoms with Crippen LogP contribution in [0.3, 0.4) is 0 Å². The molecule has 11 nitrogen and oxygen atoms in total. The number of carbonyl (C=O) groups excluding carboxylic acids is 3. The van der Waals surface area contributed by atoms with Crippen LogP contribution in [0.1, 0.15) is 57.6 Å². The lowest BCUT2D eigenvalue weighted by Crippen LogP contribution is -2.48. The van der Waals surface area contributed by atoms with Crippen molar-refractivity contribution in [2.24, 2.45) is 11.8 Å². The molecule has 2 amide bonds. The number of likely N-dealkylation sites (N-methyl/N-ethyl adjacent to an activating group) is 1. The van der Waals surface area contributed by atoms with E-state index < -0.39 is 36.5 Å². The number of β-amino-alcohol motifs (C(OH)–C–C–N with tert-alkyl or cyclic N) is 1. The molecule has 45 heavy (non-hydrogen) atoms. The molecule has 11 heteroatoms. The lowest BCUT2D eigenvalue weighted by Gasteiger charge is -2.33. The monoisotopic (exact) mass is 627 g/mol. The highest BCUT2D eigenvalue weighted by atomic mass is 16.6. The van der Waals surface area contributed by atoms with Crippen molar-refractivity contribution < 1.29 is 38.8 Å². The van der Waals surface area contributed by atoms with E-state index >= 15 is 0 Å². The zero-order valence-electron chi connectivity index (χ0n) is 27.0. The molecule has 248 valence electrons. The summed E-state index contributed by atoms with van der Waals surface area (Å²) in [6, 6.07) is 7.57. The van der Waals surface area contributed by atoms with Gasteiger partial charge in [-0.2, -0.15) is 0 Å². The largest absolute Gasteiger partial charge is 0.457 e. The van der Waals surface area contributed by atoms with Crippen molar-refractivity contribution in [2.45, 2.75) is 77.5 Å². The molecule has 1 aromatic rings. The third-order valence-corrected chi connectivity index (χ3v) is 8.84. The SMILES string of the molecule is C/C(=C\c1cccc(COC(=O)N2CC[C@@H](O)C2)c1)[C@H]1OC(=O)C[C@H](O)CC[C@H](C)[C@H](OC(=O)N2CCN(C)CC2)/C=C/[C@@H]1C.